The zero-order chi connectivity index (χ0) is 35.3. The first kappa shape index (κ1) is 30.7. The molecule has 3 aromatic heterocycles. The SMILES string of the molecule is CC1(C)c2ccccc2-c2cccc(-c3ccccc3-c3nc(-c4cccc5c4sc4ccccc45)cc(-c4cccc5c4sc4ccccc45)n3)c21. The van der Waals surface area contributed by atoms with Crippen LogP contribution in [0.4, 0.5) is 0 Å². The maximum Gasteiger partial charge on any atom is 0.161 e. The van der Waals surface area contributed by atoms with Crippen LogP contribution < -0.4 is 0 Å². The highest BCUT2D eigenvalue weighted by atomic mass is 32.1. The summed E-state index contributed by atoms with van der Waals surface area (Å²) in [6, 6.07) is 57.2. The molecule has 2 nitrogen and oxygen atoms in total. The number of hydrogen-bond acceptors (Lipinski definition) is 4. The van der Waals surface area contributed by atoms with Gasteiger partial charge in [0, 0.05) is 62.4 Å². The fourth-order valence-electron chi connectivity index (χ4n) is 8.73. The predicted octanol–water partition coefficient (Wildman–Crippen LogP) is 14.2. The molecule has 4 heteroatoms. The molecule has 3 heterocycles. The Morgan fingerprint density at radius 2 is 0.830 bits per heavy atom. The zero-order valence-corrected chi connectivity index (χ0v) is 30.9. The van der Waals surface area contributed by atoms with Crippen LogP contribution in [0.3, 0.4) is 0 Å². The predicted molar refractivity (Wildman–Crippen MR) is 227 cm³/mol. The molecule has 11 rings (SSSR count). The molecule has 0 saturated heterocycles. The summed E-state index contributed by atoms with van der Waals surface area (Å²) in [6.07, 6.45) is 0. The van der Waals surface area contributed by atoms with E-state index in [-0.39, 0.29) is 5.41 Å². The maximum atomic E-state index is 5.50. The van der Waals surface area contributed by atoms with Gasteiger partial charge in [0.2, 0.25) is 0 Å². The number of hydrogen-bond donors (Lipinski definition) is 0. The van der Waals surface area contributed by atoms with Gasteiger partial charge in [-0.3, -0.25) is 0 Å². The van der Waals surface area contributed by atoms with Crippen molar-refractivity contribution in [3.63, 3.8) is 0 Å². The van der Waals surface area contributed by atoms with Gasteiger partial charge in [-0.25, -0.2) is 9.97 Å². The number of fused-ring (bicyclic) bond motifs is 9. The minimum absolute atomic E-state index is 0.156. The Hall–Kier alpha value is -5.94. The van der Waals surface area contributed by atoms with Gasteiger partial charge in [0.15, 0.2) is 5.82 Å². The average Bonchev–Trinajstić information content (AvgIpc) is 3.86. The Morgan fingerprint density at radius 1 is 0.396 bits per heavy atom. The van der Waals surface area contributed by atoms with Crippen LogP contribution in [0, 0.1) is 0 Å². The van der Waals surface area contributed by atoms with Gasteiger partial charge in [-0.2, -0.15) is 0 Å². The van der Waals surface area contributed by atoms with E-state index in [1.807, 2.05) is 22.7 Å². The molecule has 0 aliphatic heterocycles. The van der Waals surface area contributed by atoms with Crippen LogP contribution in [0.25, 0.3) is 96.5 Å². The average molecular weight is 713 g/mol. The van der Waals surface area contributed by atoms with Gasteiger partial charge < -0.3 is 0 Å². The van der Waals surface area contributed by atoms with Crippen molar-refractivity contribution in [1.29, 1.82) is 0 Å². The number of benzene rings is 7. The lowest BCUT2D eigenvalue weighted by Crippen LogP contribution is -2.16. The molecule has 1 aliphatic carbocycles. The summed E-state index contributed by atoms with van der Waals surface area (Å²) in [7, 11) is 0. The molecule has 0 saturated carbocycles. The lowest BCUT2D eigenvalue weighted by molar-refractivity contribution is 0.662. The third kappa shape index (κ3) is 4.56. The minimum atomic E-state index is -0.156. The Balaban J connectivity index is 1.19. The summed E-state index contributed by atoms with van der Waals surface area (Å²) in [5.74, 6) is 0.732. The van der Waals surface area contributed by atoms with Crippen LogP contribution in [0.5, 0.6) is 0 Å². The summed E-state index contributed by atoms with van der Waals surface area (Å²) >= 11 is 3.68. The van der Waals surface area contributed by atoms with E-state index in [9.17, 15) is 0 Å². The van der Waals surface area contributed by atoms with E-state index < -0.39 is 0 Å². The number of aromatic nitrogens is 2. The van der Waals surface area contributed by atoms with Crippen LogP contribution in [0.15, 0.2) is 158 Å². The van der Waals surface area contributed by atoms with Gasteiger partial charge in [0.1, 0.15) is 0 Å². The molecule has 1 aliphatic rings. The van der Waals surface area contributed by atoms with Gasteiger partial charge >= 0.3 is 0 Å². The van der Waals surface area contributed by atoms with Gasteiger partial charge in [-0.15, -0.1) is 22.7 Å². The molecule has 250 valence electrons. The highest BCUT2D eigenvalue weighted by Gasteiger charge is 2.37. The Morgan fingerprint density at radius 3 is 1.45 bits per heavy atom. The summed E-state index contributed by atoms with van der Waals surface area (Å²) < 4.78 is 5.06. The Kier molecular flexibility index (Phi) is 6.67. The summed E-state index contributed by atoms with van der Waals surface area (Å²) in [4.78, 5) is 11.0. The molecule has 0 N–H and O–H groups in total. The van der Waals surface area contributed by atoms with Gasteiger partial charge in [-0.05, 0) is 51.6 Å². The van der Waals surface area contributed by atoms with Crippen LogP contribution in [0.2, 0.25) is 0 Å². The zero-order valence-electron chi connectivity index (χ0n) is 29.2. The van der Waals surface area contributed by atoms with Gasteiger partial charge in [0.25, 0.3) is 0 Å². The molecule has 0 amide bonds. The van der Waals surface area contributed by atoms with E-state index in [2.05, 4.69) is 172 Å². The monoisotopic (exact) mass is 712 g/mol. The summed E-state index contributed by atoms with van der Waals surface area (Å²) in [5, 5.41) is 5.09. The molecule has 0 spiro atoms. The molecule has 10 aromatic rings. The number of nitrogens with zero attached hydrogens (tertiary/aromatic N) is 2. The molecule has 0 bridgehead atoms. The third-order valence-electron chi connectivity index (χ3n) is 11.1. The fourth-order valence-corrected chi connectivity index (χ4v) is 11.2. The fraction of sp³-hybridized carbons (Fsp3) is 0.0612. The van der Waals surface area contributed by atoms with Crippen molar-refractivity contribution in [2.45, 2.75) is 19.3 Å². The van der Waals surface area contributed by atoms with Crippen molar-refractivity contribution >= 4 is 63.0 Å². The van der Waals surface area contributed by atoms with Crippen LogP contribution in [0.1, 0.15) is 25.0 Å². The first-order valence-electron chi connectivity index (χ1n) is 18.1. The van der Waals surface area contributed by atoms with Crippen molar-refractivity contribution < 1.29 is 0 Å². The third-order valence-corrected chi connectivity index (χ3v) is 13.6. The smallest absolute Gasteiger partial charge is 0.161 e. The second-order valence-corrected chi connectivity index (χ2v) is 16.6. The maximum absolute atomic E-state index is 5.50. The summed E-state index contributed by atoms with van der Waals surface area (Å²) in [6.45, 7) is 4.71. The van der Waals surface area contributed by atoms with E-state index in [0.717, 1.165) is 39.5 Å². The molecule has 0 atom stereocenters. The van der Waals surface area contributed by atoms with Crippen molar-refractivity contribution in [3.8, 4) is 56.2 Å². The van der Waals surface area contributed by atoms with Crippen molar-refractivity contribution in [2.24, 2.45) is 0 Å². The highest BCUT2D eigenvalue weighted by Crippen LogP contribution is 2.53. The molecule has 0 radical (unpaired) electrons. The second-order valence-electron chi connectivity index (χ2n) is 14.5. The number of thiophene rings is 2. The molecule has 53 heavy (non-hydrogen) atoms. The molecule has 0 fully saturated rings. The Labute approximate surface area is 315 Å². The number of rotatable bonds is 4. The molecule has 0 unspecified atom stereocenters. The highest BCUT2D eigenvalue weighted by molar-refractivity contribution is 7.26. The second kappa shape index (κ2) is 11.5. The van der Waals surface area contributed by atoms with Crippen LogP contribution >= 0.6 is 22.7 Å². The largest absolute Gasteiger partial charge is 0.228 e. The lowest BCUT2D eigenvalue weighted by Gasteiger charge is -2.25. The van der Waals surface area contributed by atoms with E-state index in [1.54, 1.807) is 0 Å². The van der Waals surface area contributed by atoms with E-state index in [0.29, 0.717) is 0 Å². The summed E-state index contributed by atoms with van der Waals surface area (Å²) in [5.41, 5.74) is 12.7. The standard InChI is InChI=1S/C49H32N2S2/c1-49(2)40-25-8-5-15-30(40)34-20-11-19-33(45(34)49)29-14-3-4-18-37(29)48-50-41(38-23-12-21-35-31-16-6-9-26-43(31)52-46(35)38)28-42(51-48)39-24-13-22-36-32-17-7-10-27-44(32)53-47(36)39/h3-28H,1-2H3. The lowest BCUT2D eigenvalue weighted by atomic mass is 9.78. The van der Waals surface area contributed by atoms with E-state index in [4.69, 9.17) is 9.97 Å². The van der Waals surface area contributed by atoms with Crippen LogP contribution in [-0.2, 0) is 5.41 Å². The van der Waals surface area contributed by atoms with E-state index in [1.165, 1.54) is 68.2 Å². The Bertz CT molecular complexity index is 2980. The first-order chi connectivity index (χ1) is 26.0. The van der Waals surface area contributed by atoms with Gasteiger partial charge in [-0.1, -0.05) is 153 Å². The normalized spacial score (nSPS) is 13.2. The topological polar surface area (TPSA) is 25.8 Å². The molecular weight excluding hydrogens is 681 g/mol. The first-order valence-corrected chi connectivity index (χ1v) is 19.7. The van der Waals surface area contributed by atoms with E-state index >= 15 is 0 Å². The van der Waals surface area contributed by atoms with Crippen molar-refractivity contribution in [1.82, 2.24) is 9.97 Å². The minimum Gasteiger partial charge on any atom is -0.228 e. The van der Waals surface area contributed by atoms with Crippen molar-refractivity contribution in [3.05, 3.63) is 169 Å². The molecule has 7 aromatic carbocycles. The van der Waals surface area contributed by atoms with Crippen molar-refractivity contribution in [2.75, 3.05) is 0 Å². The molecular formula is C49H32N2S2. The van der Waals surface area contributed by atoms with Gasteiger partial charge in [0.05, 0.1) is 11.4 Å². The van der Waals surface area contributed by atoms with Crippen LogP contribution in [-0.4, -0.2) is 9.97 Å². The quantitative estimate of drug-likeness (QED) is 0.182.